The number of nitro groups is 1. The van der Waals surface area contributed by atoms with E-state index in [1.807, 2.05) is 6.92 Å². The van der Waals surface area contributed by atoms with Crippen molar-refractivity contribution in [2.24, 2.45) is 0 Å². The predicted octanol–water partition coefficient (Wildman–Crippen LogP) is 2.64. The standard InChI is InChI=1S/C12H16ClNO6S/c1-3-4-19-5-6-20-11-7-9(2)12(21(13,17)18)8-10(11)14(15)16/h7-8H,3-6H2,1-2H3. The SMILES string of the molecule is CCCOCCOc1cc(C)c(S(=O)(=O)Cl)cc1[N+](=O)[O-]. The summed E-state index contributed by atoms with van der Waals surface area (Å²) in [6.45, 7) is 4.45. The van der Waals surface area contributed by atoms with Crippen molar-refractivity contribution in [3.05, 3.63) is 27.8 Å². The van der Waals surface area contributed by atoms with Crippen LogP contribution in [0.1, 0.15) is 18.9 Å². The van der Waals surface area contributed by atoms with Gasteiger partial charge >= 0.3 is 5.69 Å². The fourth-order valence-corrected chi connectivity index (χ4v) is 2.82. The van der Waals surface area contributed by atoms with Crippen LogP contribution in [0.4, 0.5) is 5.69 Å². The van der Waals surface area contributed by atoms with E-state index in [9.17, 15) is 18.5 Å². The highest BCUT2D eigenvalue weighted by atomic mass is 35.7. The van der Waals surface area contributed by atoms with Crippen LogP contribution in [0.2, 0.25) is 0 Å². The Bertz CT molecular complexity index is 616. The van der Waals surface area contributed by atoms with Gasteiger partial charge in [0.25, 0.3) is 9.05 Å². The molecule has 21 heavy (non-hydrogen) atoms. The zero-order chi connectivity index (χ0) is 16.0. The van der Waals surface area contributed by atoms with Gasteiger partial charge < -0.3 is 9.47 Å². The van der Waals surface area contributed by atoms with Crippen molar-refractivity contribution in [3.63, 3.8) is 0 Å². The van der Waals surface area contributed by atoms with Crippen LogP contribution in [-0.4, -0.2) is 33.2 Å². The van der Waals surface area contributed by atoms with E-state index in [1.54, 1.807) is 0 Å². The molecule has 9 heteroatoms. The number of nitro benzene ring substituents is 1. The van der Waals surface area contributed by atoms with Crippen LogP contribution in [0.5, 0.6) is 5.75 Å². The van der Waals surface area contributed by atoms with E-state index in [4.69, 9.17) is 20.2 Å². The van der Waals surface area contributed by atoms with Gasteiger partial charge in [0.2, 0.25) is 0 Å². The number of rotatable bonds is 8. The highest BCUT2D eigenvalue weighted by molar-refractivity contribution is 8.13. The van der Waals surface area contributed by atoms with Crippen molar-refractivity contribution in [2.75, 3.05) is 19.8 Å². The molecule has 0 bridgehead atoms. The predicted molar refractivity (Wildman–Crippen MR) is 77.5 cm³/mol. The topological polar surface area (TPSA) is 95.7 Å². The largest absolute Gasteiger partial charge is 0.484 e. The Balaban J connectivity index is 2.99. The van der Waals surface area contributed by atoms with E-state index in [0.29, 0.717) is 13.2 Å². The van der Waals surface area contributed by atoms with E-state index in [1.165, 1.54) is 13.0 Å². The van der Waals surface area contributed by atoms with Crippen molar-refractivity contribution in [3.8, 4) is 5.75 Å². The van der Waals surface area contributed by atoms with Gasteiger partial charge in [0.05, 0.1) is 16.4 Å². The minimum absolute atomic E-state index is 0.0123. The Kier molecular flexibility index (Phi) is 6.38. The minimum atomic E-state index is -4.05. The average molecular weight is 338 g/mol. The number of aryl methyl sites for hydroxylation is 1. The third-order valence-corrected chi connectivity index (χ3v) is 4.01. The molecule has 0 spiro atoms. The van der Waals surface area contributed by atoms with E-state index >= 15 is 0 Å². The minimum Gasteiger partial charge on any atom is -0.484 e. The third kappa shape index (κ3) is 5.14. The number of halogens is 1. The lowest BCUT2D eigenvalue weighted by atomic mass is 10.2. The average Bonchev–Trinajstić information content (AvgIpc) is 2.36. The summed E-state index contributed by atoms with van der Waals surface area (Å²) in [5.74, 6) is -0.0123. The second kappa shape index (κ2) is 7.58. The van der Waals surface area contributed by atoms with E-state index in [0.717, 1.165) is 12.5 Å². The van der Waals surface area contributed by atoms with Crippen LogP contribution < -0.4 is 4.74 Å². The molecule has 1 aromatic rings. The third-order valence-electron chi connectivity index (χ3n) is 2.55. The number of hydrogen-bond donors (Lipinski definition) is 0. The Labute approximate surface area is 127 Å². The summed E-state index contributed by atoms with van der Waals surface area (Å²) in [6, 6.07) is 2.19. The van der Waals surface area contributed by atoms with Gasteiger partial charge in [0, 0.05) is 23.4 Å². The van der Waals surface area contributed by atoms with Crippen LogP contribution in [-0.2, 0) is 13.8 Å². The van der Waals surface area contributed by atoms with Gasteiger partial charge in [-0.15, -0.1) is 0 Å². The molecule has 0 aliphatic heterocycles. The number of nitrogens with zero attached hydrogens (tertiary/aromatic N) is 1. The quantitative estimate of drug-likeness (QED) is 0.313. The van der Waals surface area contributed by atoms with Gasteiger partial charge in [-0.2, -0.15) is 0 Å². The van der Waals surface area contributed by atoms with Crippen LogP contribution in [0.15, 0.2) is 17.0 Å². The molecule has 0 radical (unpaired) electrons. The maximum atomic E-state index is 11.4. The van der Waals surface area contributed by atoms with Crippen molar-refractivity contribution in [1.29, 1.82) is 0 Å². The number of ether oxygens (including phenoxy) is 2. The van der Waals surface area contributed by atoms with Crippen LogP contribution in [0.3, 0.4) is 0 Å². The summed E-state index contributed by atoms with van der Waals surface area (Å²) in [5.41, 5.74) is -0.171. The molecule has 0 atom stereocenters. The van der Waals surface area contributed by atoms with Crippen LogP contribution in [0.25, 0.3) is 0 Å². The molecule has 0 unspecified atom stereocenters. The Morgan fingerprint density at radius 1 is 1.29 bits per heavy atom. The molecule has 0 aliphatic carbocycles. The van der Waals surface area contributed by atoms with Gasteiger partial charge in [-0.3, -0.25) is 10.1 Å². The first-order valence-corrected chi connectivity index (χ1v) is 8.52. The molecule has 0 saturated heterocycles. The monoisotopic (exact) mass is 337 g/mol. The summed E-state index contributed by atoms with van der Waals surface area (Å²) >= 11 is 0. The zero-order valence-corrected chi connectivity index (χ0v) is 13.2. The van der Waals surface area contributed by atoms with E-state index in [-0.39, 0.29) is 22.8 Å². The molecular formula is C12H16ClNO6S. The molecule has 1 rings (SSSR count). The van der Waals surface area contributed by atoms with Crippen molar-refractivity contribution in [2.45, 2.75) is 25.2 Å². The summed E-state index contributed by atoms with van der Waals surface area (Å²) in [4.78, 5) is 9.99. The molecule has 0 aromatic heterocycles. The lowest BCUT2D eigenvalue weighted by Crippen LogP contribution is -2.09. The highest BCUT2D eigenvalue weighted by Gasteiger charge is 2.23. The lowest BCUT2D eigenvalue weighted by molar-refractivity contribution is -0.386. The molecule has 0 N–H and O–H groups in total. The normalized spacial score (nSPS) is 11.4. The lowest BCUT2D eigenvalue weighted by Gasteiger charge is -2.10. The van der Waals surface area contributed by atoms with Crippen LogP contribution >= 0.6 is 10.7 Å². The first-order valence-electron chi connectivity index (χ1n) is 6.21. The molecule has 0 fully saturated rings. The van der Waals surface area contributed by atoms with Crippen LogP contribution in [0, 0.1) is 17.0 Å². The molecule has 118 valence electrons. The summed E-state index contributed by atoms with van der Waals surface area (Å²) < 4.78 is 33.2. The van der Waals surface area contributed by atoms with Gasteiger partial charge in [-0.1, -0.05) is 6.92 Å². The van der Waals surface area contributed by atoms with Crippen molar-refractivity contribution >= 4 is 25.4 Å². The summed E-state index contributed by atoms with van der Waals surface area (Å²) in [5, 5.41) is 11.0. The maximum absolute atomic E-state index is 11.4. The van der Waals surface area contributed by atoms with Gasteiger partial charge in [0.1, 0.15) is 6.61 Å². The molecule has 7 nitrogen and oxygen atoms in total. The van der Waals surface area contributed by atoms with Gasteiger partial charge in [-0.25, -0.2) is 8.42 Å². The Morgan fingerprint density at radius 3 is 2.48 bits per heavy atom. The molecule has 0 heterocycles. The second-order valence-corrected chi connectivity index (χ2v) is 6.78. The molecule has 1 aromatic carbocycles. The zero-order valence-electron chi connectivity index (χ0n) is 11.7. The Hall–Kier alpha value is -1.38. The van der Waals surface area contributed by atoms with E-state index in [2.05, 4.69) is 0 Å². The van der Waals surface area contributed by atoms with Crippen molar-refractivity contribution in [1.82, 2.24) is 0 Å². The molecule has 0 amide bonds. The summed E-state index contributed by atoms with van der Waals surface area (Å²) in [7, 11) is 1.19. The fourth-order valence-electron chi connectivity index (χ4n) is 1.63. The highest BCUT2D eigenvalue weighted by Crippen LogP contribution is 2.33. The van der Waals surface area contributed by atoms with Gasteiger partial charge in [0.15, 0.2) is 5.75 Å². The first kappa shape index (κ1) is 17.7. The fraction of sp³-hybridized carbons (Fsp3) is 0.500. The Morgan fingerprint density at radius 2 is 1.95 bits per heavy atom. The summed E-state index contributed by atoms with van der Waals surface area (Å²) in [6.07, 6.45) is 0.863. The molecule has 0 saturated carbocycles. The van der Waals surface area contributed by atoms with E-state index < -0.39 is 19.7 Å². The second-order valence-electron chi connectivity index (χ2n) is 4.24. The number of benzene rings is 1. The van der Waals surface area contributed by atoms with Crippen molar-refractivity contribution < 1.29 is 22.8 Å². The van der Waals surface area contributed by atoms with Gasteiger partial charge in [-0.05, 0) is 25.0 Å². The first-order chi connectivity index (χ1) is 9.77. The molecule has 0 aliphatic rings. The molecular weight excluding hydrogens is 322 g/mol. The number of hydrogen-bond acceptors (Lipinski definition) is 6. The maximum Gasteiger partial charge on any atom is 0.312 e. The smallest absolute Gasteiger partial charge is 0.312 e.